The number of ether oxygens (including phenoxy) is 2. The molecule has 0 aliphatic rings. The zero-order valence-electron chi connectivity index (χ0n) is 20.6. The maximum Gasteiger partial charge on any atom is 0.471 e. The number of amides is 2. The van der Waals surface area contributed by atoms with Crippen molar-refractivity contribution in [2.45, 2.75) is 57.7 Å². The molecule has 198 valence electrons. The molecule has 0 fully saturated rings. The van der Waals surface area contributed by atoms with Gasteiger partial charge in [0.15, 0.2) is 0 Å². The summed E-state index contributed by atoms with van der Waals surface area (Å²) in [5.41, 5.74) is 3.07. The highest BCUT2D eigenvalue weighted by Gasteiger charge is 2.41. The average molecular weight is 512 g/mol. The molecule has 2 atom stereocenters. The summed E-state index contributed by atoms with van der Waals surface area (Å²) in [6, 6.07) is 14.1. The zero-order valence-corrected chi connectivity index (χ0v) is 20.6. The van der Waals surface area contributed by atoms with Crippen LogP contribution in [0.3, 0.4) is 0 Å². The van der Waals surface area contributed by atoms with Gasteiger partial charge in [-0.15, -0.1) is 0 Å². The van der Waals surface area contributed by atoms with E-state index < -0.39 is 35.9 Å². The van der Waals surface area contributed by atoms with E-state index in [1.807, 2.05) is 5.32 Å². The third-order valence-electron chi connectivity index (χ3n) is 4.93. The molecule has 2 rings (SSSR count). The molecule has 2 aromatic rings. The lowest BCUT2D eigenvalue weighted by molar-refractivity contribution is -0.175. The van der Waals surface area contributed by atoms with Crippen LogP contribution < -0.4 is 15.5 Å². The predicted molar refractivity (Wildman–Crippen MR) is 127 cm³/mol. The SMILES string of the molecule is COc1ccc(CN(C[C@H](O)[C@H](Cc2ccccc2)NC(=O)C(F)(F)F)NC(=O)OC(C)(C)C)cc1. The number of benzene rings is 2. The molecule has 0 heterocycles. The zero-order chi connectivity index (χ0) is 26.9. The third kappa shape index (κ3) is 10.1. The second-order valence-electron chi connectivity index (χ2n) is 9.18. The normalized spacial score (nSPS) is 13.6. The quantitative estimate of drug-likeness (QED) is 0.422. The van der Waals surface area contributed by atoms with Crippen LogP contribution in [0.5, 0.6) is 5.75 Å². The van der Waals surface area contributed by atoms with E-state index in [0.29, 0.717) is 11.3 Å². The van der Waals surface area contributed by atoms with Crippen molar-refractivity contribution in [2.24, 2.45) is 0 Å². The fraction of sp³-hybridized carbons (Fsp3) is 0.440. The van der Waals surface area contributed by atoms with Gasteiger partial charge in [0.1, 0.15) is 11.4 Å². The van der Waals surface area contributed by atoms with Gasteiger partial charge in [-0.25, -0.2) is 9.80 Å². The highest BCUT2D eigenvalue weighted by atomic mass is 19.4. The van der Waals surface area contributed by atoms with Crippen molar-refractivity contribution in [3.8, 4) is 5.75 Å². The Hall–Kier alpha value is -3.31. The van der Waals surface area contributed by atoms with Gasteiger partial charge in [-0.2, -0.15) is 13.2 Å². The number of methoxy groups -OCH3 is 1. The monoisotopic (exact) mass is 511 g/mol. The van der Waals surface area contributed by atoms with Crippen molar-refractivity contribution in [3.63, 3.8) is 0 Å². The van der Waals surface area contributed by atoms with Crippen LogP contribution in [0.1, 0.15) is 31.9 Å². The highest BCUT2D eigenvalue weighted by molar-refractivity contribution is 5.82. The third-order valence-corrected chi connectivity index (χ3v) is 4.93. The molecule has 0 unspecified atom stereocenters. The van der Waals surface area contributed by atoms with Gasteiger partial charge >= 0.3 is 18.2 Å². The average Bonchev–Trinajstić information content (AvgIpc) is 2.77. The van der Waals surface area contributed by atoms with Gasteiger partial charge in [0.2, 0.25) is 0 Å². The lowest BCUT2D eigenvalue weighted by atomic mass is 10.0. The van der Waals surface area contributed by atoms with Gasteiger partial charge in [0.25, 0.3) is 0 Å². The second-order valence-corrected chi connectivity index (χ2v) is 9.18. The second kappa shape index (κ2) is 12.6. The molecule has 36 heavy (non-hydrogen) atoms. The van der Waals surface area contributed by atoms with Gasteiger partial charge in [-0.1, -0.05) is 42.5 Å². The molecular weight excluding hydrogens is 479 g/mol. The van der Waals surface area contributed by atoms with E-state index in [0.717, 1.165) is 5.56 Å². The fourth-order valence-electron chi connectivity index (χ4n) is 3.29. The molecule has 3 N–H and O–H groups in total. The van der Waals surface area contributed by atoms with E-state index in [4.69, 9.17) is 9.47 Å². The molecule has 0 saturated heterocycles. The Labute approximate surface area is 208 Å². The van der Waals surface area contributed by atoms with Crippen LogP contribution in [0.4, 0.5) is 18.0 Å². The minimum Gasteiger partial charge on any atom is -0.497 e. The maximum absolute atomic E-state index is 13.0. The number of hydrazine groups is 1. The van der Waals surface area contributed by atoms with Gasteiger partial charge in [0.05, 0.1) is 19.3 Å². The number of aliphatic hydroxyl groups excluding tert-OH is 1. The Morgan fingerprint density at radius 1 is 1.00 bits per heavy atom. The number of halogens is 3. The molecule has 0 aliphatic heterocycles. The predicted octanol–water partition coefficient (Wildman–Crippen LogP) is 3.59. The van der Waals surface area contributed by atoms with Crippen molar-refractivity contribution in [1.29, 1.82) is 0 Å². The summed E-state index contributed by atoms with van der Waals surface area (Å²) in [6.07, 6.45) is -7.47. The minimum absolute atomic E-state index is 0.0629. The van der Waals surface area contributed by atoms with Crippen molar-refractivity contribution in [2.75, 3.05) is 13.7 Å². The van der Waals surface area contributed by atoms with Crippen LogP contribution >= 0.6 is 0 Å². The Morgan fingerprint density at radius 2 is 1.61 bits per heavy atom. The lowest BCUT2D eigenvalue weighted by Crippen LogP contribution is -2.55. The van der Waals surface area contributed by atoms with Crippen LogP contribution in [0.2, 0.25) is 0 Å². The van der Waals surface area contributed by atoms with Crippen LogP contribution in [-0.2, 0) is 22.5 Å². The summed E-state index contributed by atoms with van der Waals surface area (Å²) >= 11 is 0. The van der Waals surface area contributed by atoms with Crippen LogP contribution in [0.15, 0.2) is 54.6 Å². The summed E-state index contributed by atoms with van der Waals surface area (Å²) in [5.74, 6) is -1.55. The van der Waals surface area contributed by atoms with Gasteiger partial charge in [0, 0.05) is 13.1 Å². The Balaban J connectivity index is 2.24. The molecule has 11 heteroatoms. The number of rotatable bonds is 10. The van der Waals surface area contributed by atoms with E-state index in [-0.39, 0.29) is 19.5 Å². The molecular formula is C25H32F3N3O5. The number of nitrogens with zero attached hydrogens (tertiary/aromatic N) is 1. The number of hydrogen-bond acceptors (Lipinski definition) is 6. The first-order valence-electron chi connectivity index (χ1n) is 11.2. The smallest absolute Gasteiger partial charge is 0.471 e. The van der Waals surface area contributed by atoms with E-state index >= 15 is 0 Å². The highest BCUT2D eigenvalue weighted by Crippen LogP contribution is 2.18. The molecule has 0 radical (unpaired) electrons. The van der Waals surface area contributed by atoms with Gasteiger partial charge in [-0.3, -0.25) is 10.2 Å². The van der Waals surface area contributed by atoms with Gasteiger partial charge < -0.3 is 19.9 Å². The molecule has 8 nitrogen and oxygen atoms in total. The maximum atomic E-state index is 13.0. The van der Waals surface area contributed by atoms with Crippen molar-refractivity contribution in [3.05, 3.63) is 65.7 Å². The Bertz CT molecular complexity index is 979. The van der Waals surface area contributed by atoms with E-state index in [1.165, 1.54) is 12.1 Å². The summed E-state index contributed by atoms with van der Waals surface area (Å²) in [6.45, 7) is 4.82. The number of nitrogens with one attached hydrogen (secondary N) is 2. The van der Waals surface area contributed by atoms with Crippen molar-refractivity contribution in [1.82, 2.24) is 15.8 Å². The minimum atomic E-state index is -5.12. The topological polar surface area (TPSA) is 100 Å². The summed E-state index contributed by atoms with van der Waals surface area (Å²) in [4.78, 5) is 24.1. The number of hydrogen-bond donors (Lipinski definition) is 3. The number of carbonyl (C=O) groups excluding carboxylic acids is 2. The standard InChI is InChI=1S/C25H32F3N3O5/c1-24(2,3)36-23(34)30-31(15-18-10-12-19(35-4)13-11-18)16-21(32)20(29-22(33)25(26,27)28)14-17-8-6-5-7-9-17/h5-13,20-21,32H,14-16H2,1-4H3,(H,29,33)(H,30,34)/t20-,21-/m0/s1. The van der Waals surface area contributed by atoms with Crippen LogP contribution in [0.25, 0.3) is 0 Å². The van der Waals surface area contributed by atoms with E-state index in [2.05, 4.69) is 5.43 Å². The Morgan fingerprint density at radius 3 is 2.14 bits per heavy atom. The van der Waals surface area contributed by atoms with Crippen molar-refractivity contribution >= 4 is 12.0 Å². The van der Waals surface area contributed by atoms with E-state index in [1.54, 1.807) is 75.4 Å². The molecule has 0 bridgehead atoms. The summed E-state index contributed by atoms with van der Waals surface area (Å²) in [5, 5.41) is 14.1. The summed E-state index contributed by atoms with van der Waals surface area (Å²) < 4.78 is 49.3. The molecule has 0 aliphatic carbocycles. The first-order chi connectivity index (χ1) is 16.8. The molecule has 2 aromatic carbocycles. The molecule has 0 saturated carbocycles. The van der Waals surface area contributed by atoms with Crippen molar-refractivity contribution < 1.29 is 37.3 Å². The molecule has 0 aromatic heterocycles. The number of aliphatic hydroxyl groups is 1. The fourth-order valence-corrected chi connectivity index (χ4v) is 3.29. The van der Waals surface area contributed by atoms with Crippen LogP contribution in [-0.4, -0.2) is 59.7 Å². The lowest BCUT2D eigenvalue weighted by Gasteiger charge is -2.31. The van der Waals surface area contributed by atoms with Gasteiger partial charge in [-0.05, 0) is 50.5 Å². The number of carbonyl (C=O) groups is 2. The number of alkyl halides is 3. The summed E-state index contributed by atoms with van der Waals surface area (Å²) in [7, 11) is 1.52. The molecule has 0 spiro atoms. The largest absolute Gasteiger partial charge is 0.497 e. The van der Waals surface area contributed by atoms with Crippen LogP contribution in [0, 0.1) is 0 Å². The first-order valence-corrected chi connectivity index (χ1v) is 11.2. The van der Waals surface area contributed by atoms with E-state index in [9.17, 15) is 27.9 Å². The molecule has 2 amide bonds. The Kier molecular flexibility index (Phi) is 10.1. The first kappa shape index (κ1) is 28.9.